The summed E-state index contributed by atoms with van der Waals surface area (Å²) in [5.41, 5.74) is 3.46. The fraction of sp³-hybridized carbons (Fsp3) is 0.182. The zero-order valence-corrected chi connectivity index (χ0v) is 18.7. The number of fused-ring (bicyclic) bond motifs is 1. The minimum atomic E-state index is -0.339. The molecule has 0 radical (unpaired) electrons. The Labute approximate surface area is 196 Å². The van der Waals surface area contributed by atoms with Gasteiger partial charge in [0.05, 0.1) is 20.9 Å². The van der Waals surface area contributed by atoms with Gasteiger partial charge in [-0.15, -0.1) is 0 Å². The SMILES string of the molecule is O=C(Nc1nc2ccc(F)cc2s1)N1CC=C(c2ncc(-c3cc(CO)on3)cc2Cl)CC1. The highest BCUT2D eigenvalue weighted by Gasteiger charge is 2.21. The minimum absolute atomic E-state index is 0.235. The molecule has 1 aromatic carbocycles. The largest absolute Gasteiger partial charge is 0.388 e. The molecule has 3 aromatic heterocycles. The van der Waals surface area contributed by atoms with Crippen LogP contribution in [0.5, 0.6) is 0 Å². The van der Waals surface area contributed by atoms with Crippen LogP contribution in [0.4, 0.5) is 14.3 Å². The lowest BCUT2D eigenvalue weighted by Crippen LogP contribution is -2.37. The lowest BCUT2D eigenvalue weighted by atomic mass is 10.0. The first-order chi connectivity index (χ1) is 16.0. The summed E-state index contributed by atoms with van der Waals surface area (Å²) in [6.45, 7) is 0.643. The summed E-state index contributed by atoms with van der Waals surface area (Å²) >= 11 is 7.70. The van der Waals surface area contributed by atoms with Gasteiger partial charge in [0.25, 0.3) is 0 Å². The van der Waals surface area contributed by atoms with Crippen molar-refractivity contribution in [3.63, 3.8) is 0 Å². The van der Waals surface area contributed by atoms with E-state index >= 15 is 0 Å². The summed E-state index contributed by atoms with van der Waals surface area (Å²) in [5.74, 6) is 0.0190. The summed E-state index contributed by atoms with van der Waals surface area (Å²) in [6.07, 6.45) is 4.16. The molecule has 1 aliphatic heterocycles. The van der Waals surface area contributed by atoms with Gasteiger partial charge >= 0.3 is 6.03 Å². The molecule has 0 saturated carbocycles. The number of nitrogens with zero attached hydrogens (tertiary/aromatic N) is 4. The molecule has 0 spiro atoms. The number of nitrogens with one attached hydrogen (secondary N) is 1. The Morgan fingerprint density at radius 2 is 2.21 bits per heavy atom. The molecular weight excluding hydrogens is 469 g/mol. The van der Waals surface area contributed by atoms with E-state index in [0.29, 0.717) is 62.6 Å². The first-order valence-electron chi connectivity index (χ1n) is 10.0. The molecular formula is C22H17ClFN5O3S. The molecule has 1 aliphatic rings. The zero-order valence-electron chi connectivity index (χ0n) is 17.1. The second-order valence-electron chi connectivity index (χ2n) is 7.38. The fourth-order valence-corrected chi connectivity index (χ4v) is 4.70. The van der Waals surface area contributed by atoms with Gasteiger partial charge < -0.3 is 14.5 Å². The molecule has 4 aromatic rings. The monoisotopic (exact) mass is 485 g/mol. The van der Waals surface area contributed by atoms with Crippen LogP contribution in [0.1, 0.15) is 17.9 Å². The molecule has 5 rings (SSSR count). The lowest BCUT2D eigenvalue weighted by molar-refractivity contribution is 0.217. The Morgan fingerprint density at radius 3 is 2.94 bits per heavy atom. The van der Waals surface area contributed by atoms with E-state index in [4.69, 9.17) is 21.2 Å². The van der Waals surface area contributed by atoms with E-state index < -0.39 is 0 Å². The molecule has 0 bridgehead atoms. The first-order valence-corrected chi connectivity index (χ1v) is 11.2. The predicted molar refractivity (Wildman–Crippen MR) is 123 cm³/mol. The molecule has 2 amide bonds. The molecule has 8 nitrogen and oxygen atoms in total. The molecule has 11 heteroatoms. The molecule has 2 N–H and O–H groups in total. The lowest BCUT2D eigenvalue weighted by Gasteiger charge is -2.26. The van der Waals surface area contributed by atoms with Crippen molar-refractivity contribution in [2.45, 2.75) is 13.0 Å². The number of pyridine rings is 1. The number of aromatic nitrogens is 3. The zero-order chi connectivity index (χ0) is 22.9. The van der Waals surface area contributed by atoms with Crippen molar-refractivity contribution < 1.29 is 18.8 Å². The van der Waals surface area contributed by atoms with Crippen molar-refractivity contribution >= 4 is 49.9 Å². The number of halogens is 2. The highest BCUT2D eigenvalue weighted by molar-refractivity contribution is 7.22. The number of benzene rings is 1. The first kappa shape index (κ1) is 21.5. The third-order valence-electron chi connectivity index (χ3n) is 5.22. The van der Waals surface area contributed by atoms with Crippen molar-refractivity contribution in [1.29, 1.82) is 0 Å². The number of urea groups is 1. The Hall–Kier alpha value is -3.34. The molecule has 0 aliphatic carbocycles. The number of carbonyl (C=O) groups is 1. The number of aliphatic hydroxyl groups is 1. The number of hydrogen-bond donors (Lipinski definition) is 2. The van der Waals surface area contributed by atoms with Gasteiger partial charge in [-0.2, -0.15) is 0 Å². The van der Waals surface area contributed by atoms with E-state index in [9.17, 15) is 9.18 Å². The summed E-state index contributed by atoms with van der Waals surface area (Å²) < 4.78 is 19.1. The summed E-state index contributed by atoms with van der Waals surface area (Å²) in [7, 11) is 0. The molecule has 168 valence electrons. The van der Waals surface area contributed by atoms with Crippen LogP contribution in [0.2, 0.25) is 5.02 Å². The standard InChI is InChI=1S/C22H17ClFN5O3S/c23-16-7-13(18-9-15(11-30)32-28-18)10-25-20(16)12-3-5-29(6-4-12)22(31)27-21-26-17-2-1-14(24)8-19(17)33-21/h1-3,7-10,30H,4-6,11H2,(H,26,27,31). The maximum absolute atomic E-state index is 13.4. The van der Waals surface area contributed by atoms with Crippen molar-refractivity contribution in [3.05, 3.63) is 64.9 Å². The van der Waals surface area contributed by atoms with E-state index in [1.54, 1.807) is 29.3 Å². The third-order valence-corrected chi connectivity index (χ3v) is 6.44. The van der Waals surface area contributed by atoms with E-state index in [1.165, 1.54) is 23.5 Å². The van der Waals surface area contributed by atoms with Crippen LogP contribution in [0.25, 0.3) is 27.0 Å². The quantitative estimate of drug-likeness (QED) is 0.423. The normalized spacial score (nSPS) is 13.9. The van der Waals surface area contributed by atoms with Crippen molar-refractivity contribution in [3.8, 4) is 11.3 Å². The van der Waals surface area contributed by atoms with Crippen molar-refractivity contribution in [2.24, 2.45) is 0 Å². The van der Waals surface area contributed by atoms with E-state index in [2.05, 4.69) is 20.4 Å². The highest BCUT2D eigenvalue weighted by Crippen LogP contribution is 2.31. The van der Waals surface area contributed by atoms with Crippen LogP contribution in [0.3, 0.4) is 0 Å². The number of thiazole rings is 1. The summed E-state index contributed by atoms with van der Waals surface area (Å²) in [4.78, 5) is 23.1. The van der Waals surface area contributed by atoms with Crippen LogP contribution in [-0.4, -0.2) is 44.3 Å². The molecule has 0 fully saturated rings. The summed E-state index contributed by atoms with van der Waals surface area (Å²) in [6, 6.07) is 7.43. The smallest absolute Gasteiger partial charge is 0.323 e. The van der Waals surface area contributed by atoms with Gasteiger partial charge in [0.2, 0.25) is 0 Å². The van der Waals surface area contributed by atoms with Crippen LogP contribution in [-0.2, 0) is 6.61 Å². The molecule has 0 saturated heterocycles. The van der Waals surface area contributed by atoms with E-state index in [0.717, 1.165) is 5.57 Å². The minimum Gasteiger partial charge on any atom is -0.388 e. The fourth-order valence-electron chi connectivity index (χ4n) is 3.53. The second kappa shape index (κ2) is 8.89. The number of carbonyl (C=O) groups excluding carboxylic acids is 1. The van der Waals surface area contributed by atoms with Gasteiger partial charge in [-0.25, -0.2) is 14.2 Å². The Kier molecular flexibility index (Phi) is 5.79. The van der Waals surface area contributed by atoms with Gasteiger partial charge in [0.15, 0.2) is 10.9 Å². The topological polar surface area (TPSA) is 104 Å². The average Bonchev–Trinajstić information content (AvgIpc) is 3.45. The van der Waals surface area contributed by atoms with Crippen molar-refractivity contribution in [2.75, 3.05) is 18.4 Å². The second-order valence-corrected chi connectivity index (χ2v) is 8.82. The average molecular weight is 486 g/mol. The molecule has 4 heterocycles. The Morgan fingerprint density at radius 1 is 1.33 bits per heavy atom. The van der Waals surface area contributed by atoms with Gasteiger partial charge in [0.1, 0.15) is 18.1 Å². The Bertz CT molecular complexity index is 1390. The predicted octanol–water partition coefficient (Wildman–Crippen LogP) is 4.95. The number of aliphatic hydroxyl groups excluding tert-OH is 1. The van der Waals surface area contributed by atoms with E-state index in [-0.39, 0.29) is 18.5 Å². The van der Waals surface area contributed by atoms with Gasteiger partial charge in [0, 0.05) is 30.9 Å². The number of hydrogen-bond acceptors (Lipinski definition) is 7. The third kappa shape index (κ3) is 4.45. The van der Waals surface area contributed by atoms with Crippen LogP contribution in [0, 0.1) is 5.82 Å². The number of rotatable bonds is 4. The van der Waals surface area contributed by atoms with Gasteiger partial charge in [-0.05, 0) is 36.3 Å². The molecule has 0 unspecified atom stereocenters. The Balaban J connectivity index is 1.26. The van der Waals surface area contributed by atoms with Crippen LogP contribution < -0.4 is 5.32 Å². The molecule has 33 heavy (non-hydrogen) atoms. The van der Waals surface area contributed by atoms with Crippen molar-refractivity contribution in [1.82, 2.24) is 20.0 Å². The van der Waals surface area contributed by atoms with Crippen LogP contribution in [0.15, 0.2) is 47.1 Å². The number of anilines is 1. The molecule has 0 atom stereocenters. The van der Waals surface area contributed by atoms with E-state index in [1.807, 2.05) is 6.08 Å². The number of amides is 2. The maximum Gasteiger partial charge on any atom is 0.323 e. The summed E-state index contributed by atoms with van der Waals surface area (Å²) in [5, 5.41) is 16.7. The maximum atomic E-state index is 13.4. The highest BCUT2D eigenvalue weighted by atomic mass is 35.5. The van der Waals surface area contributed by atoms with Crippen LogP contribution >= 0.6 is 22.9 Å². The van der Waals surface area contributed by atoms with Gasteiger partial charge in [-0.3, -0.25) is 10.3 Å². The van der Waals surface area contributed by atoms with Gasteiger partial charge in [-0.1, -0.05) is 34.2 Å².